The van der Waals surface area contributed by atoms with Crippen molar-refractivity contribution in [3.8, 4) is 5.75 Å². The van der Waals surface area contributed by atoms with Gasteiger partial charge in [0.05, 0.1) is 4.47 Å². The summed E-state index contributed by atoms with van der Waals surface area (Å²) >= 11 is 6.65. The van der Waals surface area contributed by atoms with Gasteiger partial charge in [-0.2, -0.15) is 0 Å². The second-order valence-electron chi connectivity index (χ2n) is 2.52. The molecule has 0 N–H and O–H groups in total. The van der Waals surface area contributed by atoms with Crippen molar-refractivity contribution in [2.75, 3.05) is 0 Å². The highest BCUT2D eigenvalue weighted by atomic mass is 79.9. The third-order valence-electron chi connectivity index (χ3n) is 1.53. The number of hydrogen-bond donors (Lipinski definition) is 0. The molecule has 0 atom stereocenters. The van der Waals surface area contributed by atoms with Gasteiger partial charge in [0.25, 0.3) is 0 Å². The molecule has 0 heterocycles. The van der Waals surface area contributed by atoms with Crippen LogP contribution in [0, 0.1) is 0 Å². The van der Waals surface area contributed by atoms with Gasteiger partial charge < -0.3 is 4.74 Å². The number of benzene rings is 1. The van der Waals surface area contributed by atoms with Crippen LogP contribution in [0.5, 0.6) is 5.75 Å². The Balaban J connectivity index is 2.88. The maximum Gasteiger partial charge on any atom is 0.335 e. The van der Waals surface area contributed by atoms with Gasteiger partial charge in [-0.15, -0.1) is 0 Å². The lowest BCUT2D eigenvalue weighted by molar-refractivity contribution is -0.129. The summed E-state index contributed by atoms with van der Waals surface area (Å²) in [4.78, 5) is 10.9. The molecular formula is C10H8Br2O2. The van der Waals surface area contributed by atoms with Gasteiger partial charge in [0.15, 0.2) is 0 Å². The van der Waals surface area contributed by atoms with Crippen molar-refractivity contribution in [1.29, 1.82) is 0 Å². The molecule has 0 saturated heterocycles. The molecule has 4 heteroatoms. The zero-order valence-corrected chi connectivity index (χ0v) is 10.5. The molecule has 0 spiro atoms. The molecule has 0 fully saturated rings. The number of carbonyl (C=O) groups is 1. The van der Waals surface area contributed by atoms with E-state index in [1.54, 1.807) is 6.07 Å². The topological polar surface area (TPSA) is 26.3 Å². The number of ether oxygens (including phenoxy) is 1. The van der Waals surface area contributed by atoms with Gasteiger partial charge in [-0.25, -0.2) is 4.79 Å². The fraction of sp³-hybridized carbons (Fsp3) is 0.100. The molecule has 2 nitrogen and oxygen atoms in total. The summed E-state index contributed by atoms with van der Waals surface area (Å²) in [5.74, 6) is 0.0388. The first-order valence-electron chi connectivity index (χ1n) is 3.86. The van der Waals surface area contributed by atoms with Crippen LogP contribution in [0.2, 0.25) is 0 Å². The maximum atomic E-state index is 10.9. The highest BCUT2D eigenvalue weighted by Crippen LogP contribution is 2.26. The summed E-state index contributed by atoms with van der Waals surface area (Å²) in [7, 11) is 0. The molecule has 1 aromatic rings. The summed E-state index contributed by atoms with van der Waals surface area (Å²) in [6.45, 7) is 3.32. The number of rotatable bonds is 3. The van der Waals surface area contributed by atoms with E-state index in [0.717, 1.165) is 21.4 Å². The highest BCUT2D eigenvalue weighted by molar-refractivity contribution is 9.10. The van der Waals surface area contributed by atoms with Crippen molar-refractivity contribution in [3.05, 3.63) is 40.9 Å². The van der Waals surface area contributed by atoms with E-state index in [0.29, 0.717) is 5.75 Å². The third-order valence-corrected chi connectivity index (χ3v) is 2.79. The zero-order valence-electron chi connectivity index (χ0n) is 7.30. The summed E-state index contributed by atoms with van der Waals surface area (Å²) in [6.07, 6.45) is 1.13. The average Bonchev–Trinajstić information content (AvgIpc) is 2.20. The van der Waals surface area contributed by atoms with E-state index in [-0.39, 0.29) is 0 Å². The van der Waals surface area contributed by atoms with Crippen LogP contribution in [0.25, 0.3) is 0 Å². The van der Waals surface area contributed by atoms with Gasteiger partial charge in [-0.1, -0.05) is 28.6 Å². The number of halogens is 2. The van der Waals surface area contributed by atoms with Gasteiger partial charge in [0.1, 0.15) is 5.75 Å². The second kappa shape index (κ2) is 5.32. The minimum atomic E-state index is -0.461. The maximum absolute atomic E-state index is 10.9. The molecular weight excluding hydrogens is 312 g/mol. The van der Waals surface area contributed by atoms with Crippen molar-refractivity contribution < 1.29 is 9.53 Å². The Morgan fingerprint density at radius 1 is 1.57 bits per heavy atom. The largest absolute Gasteiger partial charge is 0.422 e. The Bertz CT molecular complexity index is 361. The third kappa shape index (κ3) is 2.96. The Kier molecular flexibility index (Phi) is 4.35. The lowest BCUT2D eigenvalue weighted by atomic mass is 10.2. The Morgan fingerprint density at radius 2 is 2.29 bits per heavy atom. The quantitative estimate of drug-likeness (QED) is 0.369. The van der Waals surface area contributed by atoms with Crippen LogP contribution >= 0.6 is 31.9 Å². The fourth-order valence-electron chi connectivity index (χ4n) is 0.860. The van der Waals surface area contributed by atoms with E-state index in [4.69, 9.17) is 4.74 Å². The fourth-order valence-corrected chi connectivity index (χ4v) is 1.72. The SMILES string of the molecule is C=CC(=O)Oc1ccc(CBr)cc1Br. The van der Waals surface area contributed by atoms with Gasteiger partial charge in [0, 0.05) is 11.4 Å². The van der Waals surface area contributed by atoms with Crippen molar-refractivity contribution in [2.45, 2.75) is 5.33 Å². The predicted octanol–water partition coefficient (Wildman–Crippen LogP) is 3.44. The lowest BCUT2D eigenvalue weighted by Crippen LogP contribution is -2.03. The first-order valence-corrected chi connectivity index (χ1v) is 5.77. The number of alkyl halides is 1. The summed E-state index contributed by atoms with van der Waals surface area (Å²) < 4.78 is 5.73. The molecule has 0 aliphatic carbocycles. The van der Waals surface area contributed by atoms with Crippen LogP contribution in [0.3, 0.4) is 0 Å². The van der Waals surface area contributed by atoms with E-state index in [1.807, 2.05) is 12.1 Å². The minimum absolute atomic E-state index is 0.461. The Morgan fingerprint density at radius 3 is 2.79 bits per heavy atom. The number of esters is 1. The van der Waals surface area contributed by atoms with Crippen molar-refractivity contribution in [3.63, 3.8) is 0 Å². The molecule has 0 aliphatic heterocycles. The van der Waals surface area contributed by atoms with Crippen molar-refractivity contribution in [1.82, 2.24) is 0 Å². The van der Waals surface area contributed by atoms with Crippen LogP contribution in [0.1, 0.15) is 5.56 Å². The smallest absolute Gasteiger partial charge is 0.335 e. The highest BCUT2D eigenvalue weighted by Gasteiger charge is 2.05. The summed E-state index contributed by atoms with van der Waals surface area (Å²) in [5.41, 5.74) is 1.11. The van der Waals surface area contributed by atoms with Crippen molar-refractivity contribution in [2.24, 2.45) is 0 Å². The lowest BCUT2D eigenvalue weighted by Gasteiger charge is -2.05. The summed E-state index contributed by atoms with van der Waals surface area (Å²) in [5, 5.41) is 0.765. The molecule has 0 bridgehead atoms. The number of hydrogen-bond acceptors (Lipinski definition) is 2. The van der Waals surface area contributed by atoms with Crippen LogP contribution < -0.4 is 4.74 Å². The Hall–Kier alpha value is -0.610. The molecule has 0 unspecified atom stereocenters. The first-order chi connectivity index (χ1) is 6.67. The van der Waals surface area contributed by atoms with E-state index in [1.165, 1.54) is 0 Å². The molecule has 0 amide bonds. The van der Waals surface area contributed by atoms with E-state index >= 15 is 0 Å². The van der Waals surface area contributed by atoms with Gasteiger partial charge in [-0.3, -0.25) is 0 Å². The molecule has 74 valence electrons. The van der Waals surface area contributed by atoms with Crippen molar-refractivity contribution >= 4 is 37.8 Å². The molecule has 0 radical (unpaired) electrons. The molecule has 0 saturated carbocycles. The molecule has 1 aromatic carbocycles. The second-order valence-corrected chi connectivity index (χ2v) is 3.94. The molecule has 1 rings (SSSR count). The predicted molar refractivity (Wildman–Crippen MR) is 62.6 cm³/mol. The van der Waals surface area contributed by atoms with Crippen LogP contribution in [0.4, 0.5) is 0 Å². The summed E-state index contributed by atoms with van der Waals surface area (Å²) in [6, 6.07) is 5.51. The minimum Gasteiger partial charge on any atom is -0.422 e. The normalized spacial score (nSPS) is 9.57. The van der Waals surface area contributed by atoms with Crippen LogP contribution in [-0.4, -0.2) is 5.97 Å². The van der Waals surface area contributed by atoms with Crippen LogP contribution in [-0.2, 0) is 10.1 Å². The molecule has 14 heavy (non-hydrogen) atoms. The number of carbonyl (C=O) groups excluding carboxylic acids is 1. The standard InChI is InChI=1S/C10H8Br2O2/c1-2-10(13)14-9-4-3-7(6-11)5-8(9)12/h2-5H,1,6H2. The molecule has 0 aromatic heterocycles. The van der Waals surface area contributed by atoms with Gasteiger partial charge in [-0.05, 0) is 33.6 Å². The van der Waals surface area contributed by atoms with E-state index in [9.17, 15) is 4.79 Å². The molecule has 0 aliphatic rings. The Labute approximate surface area is 99.2 Å². The van der Waals surface area contributed by atoms with Gasteiger partial charge >= 0.3 is 5.97 Å². The average molecular weight is 320 g/mol. The van der Waals surface area contributed by atoms with E-state index < -0.39 is 5.97 Å². The monoisotopic (exact) mass is 318 g/mol. The van der Waals surface area contributed by atoms with Gasteiger partial charge in [0.2, 0.25) is 0 Å². The van der Waals surface area contributed by atoms with Crippen LogP contribution in [0.15, 0.2) is 35.3 Å². The van der Waals surface area contributed by atoms with E-state index in [2.05, 4.69) is 38.4 Å². The first kappa shape index (κ1) is 11.5. The zero-order chi connectivity index (χ0) is 10.6.